The fourth-order valence-electron chi connectivity index (χ4n) is 1.78. The maximum Gasteiger partial charge on any atom is 0.157 e. The van der Waals surface area contributed by atoms with E-state index in [1.807, 2.05) is 0 Å². The number of aryl methyl sites for hydroxylation is 1. The van der Waals surface area contributed by atoms with Crippen LogP contribution in [0.4, 0.5) is 11.5 Å². The molecular weight excluding hydrogens is 280 g/mol. The summed E-state index contributed by atoms with van der Waals surface area (Å²) in [5.41, 5.74) is 0.242. The maximum absolute atomic E-state index is 10.5. The lowest BCUT2D eigenvalue weighted by molar-refractivity contribution is 0.0714. The molecule has 0 amide bonds. The number of anilines is 2. The zero-order valence-corrected chi connectivity index (χ0v) is 12.3. The zero-order valence-electron chi connectivity index (χ0n) is 11.6. The van der Waals surface area contributed by atoms with Gasteiger partial charge in [0.2, 0.25) is 0 Å². The van der Waals surface area contributed by atoms with Crippen molar-refractivity contribution in [3.8, 4) is 0 Å². The Morgan fingerprint density at radius 1 is 1.45 bits per heavy atom. The molecule has 2 aromatic rings. The van der Waals surface area contributed by atoms with E-state index < -0.39 is 5.60 Å². The fourth-order valence-corrected chi connectivity index (χ4v) is 2.00. The molecule has 1 unspecified atom stereocenters. The van der Waals surface area contributed by atoms with Crippen LogP contribution in [0.2, 0.25) is 5.15 Å². The fraction of sp³-hybridized carbons (Fsp3) is 0.417. The average Bonchev–Trinajstić information content (AvgIpc) is 2.84. The maximum atomic E-state index is 10.5. The van der Waals surface area contributed by atoms with E-state index in [1.54, 1.807) is 38.1 Å². The van der Waals surface area contributed by atoms with E-state index in [-0.39, 0.29) is 6.54 Å². The van der Waals surface area contributed by atoms with Gasteiger partial charge in [-0.2, -0.15) is 5.10 Å². The summed E-state index contributed by atoms with van der Waals surface area (Å²) < 4.78 is 1.64. The molecule has 3 N–H and O–H groups in total. The van der Waals surface area contributed by atoms with Gasteiger partial charge < -0.3 is 15.7 Å². The van der Waals surface area contributed by atoms with Crippen LogP contribution in [-0.4, -0.2) is 38.4 Å². The molecule has 0 bridgehead atoms. The lowest BCUT2D eigenvalue weighted by atomic mass is 10.00. The highest BCUT2D eigenvalue weighted by Crippen LogP contribution is 2.27. The minimum atomic E-state index is -1.07. The number of nitrogens with zero attached hydrogens (tertiary/aromatic N) is 4. The van der Waals surface area contributed by atoms with Crippen LogP contribution < -0.4 is 10.6 Å². The van der Waals surface area contributed by atoms with Gasteiger partial charge in [-0.3, -0.25) is 4.68 Å². The summed E-state index contributed by atoms with van der Waals surface area (Å²) in [6.07, 6.45) is 4.77. The Labute approximate surface area is 122 Å². The zero-order chi connectivity index (χ0) is 14.8. The smallest absolute Gasteiger partial charge is 0.157 e. The van der Waals surface area contributed by atoms with Crippen molar-refractivity contribution >= 4 is 23.1 Å². The average molecular weight is 297 g/mol. The van der Waals surface area contributed by atoms with Gasteiger partial charge in [-0.1, -0.05) is 11.6 Å². The monoisotopic (exact) mass is 296 g/mol. The van der Waals surface area contributed by atoms with Crippen LogP contribution in [-0.2, 0) is 12.6 Å². The number of rotatable bonds is 5. The Kier molecular flexibility index (Phi) is 4.10. The number of aliphatic hydroxyl groups is 1. The second-order valence-corrected chi connectivity index (χ2v) is 5.03. The molecule has 0 aliphatic carbocycles. The third kappa shape index (κ3) is 3.00. The standard InChI is InChI=1S/C12H17ClN6O/c1-12(20,8-4-18-19(3)5-8)6-15-11-9(14-2)10(13)16-7-17-11/h4-5,7,14,20H,6H2,1-3H3,(H,15,16,17). The minimum Gasteiger partial charge on any atom is -0.383 e. The highest BCUT2D eigenvalue weighted by Gasteiger charge is 2.25. The van der Waals surface area contributed by atoms with Crippen molar-refractivity contribution in [2.24, 2.45) is 7.05 Å². The van der Waals surface area contributed by atoms with E-state index in [4.69, 9.17) is 11.6 Å². The van der Waals surface area contributed by atoms with Gasteiger partial charge in [0.05, 0.1) is 6.20 Å². The van der Waals surface area contributed by atoms with Gasteiger partial charge in [0, 0.05) is 32.4 Å². The van der Waals surface area contributed by atoms with Gasteiger partial charge in [-0.05, 0) is 6.92 Å². The van der Waals surface area contributed by atoms with Crippen LogP contribution in [0, 0.1) is 0 Å². The largest absolute Gasteiger partial charge is 0.383 e. The molecule has 0 aliphatic rings. The number of hydrogen-bond acceptors (Lipinski definition) is 6. The lowest BCUT2D eigenvalue weighted by Crippen LogP contribution is -2.30. The molecule has 0 saturated carbocycles. The first-order chi connectivity index (χ1) is 9.44. The summed E-state index contributed by atoms with van der Waals surface area (Å²) in [5, 5.41) is 20.9. The van der Waals surface area contributed by atoms with Gasteiger partial charge >= 0.3 is 0 Å². The van der Waals surface area contributed by atoms with Crippen molar-refractivity contribution in [1.82, 2.24) is 19.7 Å². The van der Waals surface area contributed by atoms with E-state index >= 15 is 0 Å². The van der Waals surface area contributed by atoms with Crippen molar-refractivity contribution in [1.29, 1.82) is 0 Å². The number of nitrogens with one attached hydrogen (secondary N) is 2. The van der Waals surface area contributed by atoms with Crippen molar-refractivity contribution in [3.05, 3.63) is 29.4 Å². The predicted octanol–water partition coefficient (Wildman–Crippen LogP) is 1.22. The Morgan fingerprint density at radius 3 is 2.80 bits per heavy atom. The van der Waals surface area contributed by atoms with E-state index in [0.717, 1.165) is 5.56 Å². The Balaban J connectivity index is 2.14. The summed E-state index contributed by atoms with van der Waals surface area (Å²) in [6.45, 7) is 1.97. The Bertz CT molecular complexity index is 597. The molecule has 1 atom stereocenters. The molecule has 8 heteroatoms. The van der Waals surface area contributed by atoms with Gasteiger partial charge in [0.25, 0.3) is 0 Å². The second-order valence-electron chi connectivity index (χ2n) is 4.67. The van der Waals surface area contributed by atoms with E-state index in [2.05, 4.69) is 25.7 Å². The summed E-state index contributed by atoms with van der Waals surface area (Å²) >= 11 is 5.97. The number of hydrogen-bond donors (Lipinski definition) is 3. The molecule has 0 saturated heterocycles. The van der Waals surface area contributed by atoms with Crippen molar-refractivity contribution in [3.63, 3.8) is 0 Å². The summed E-state index contributed by atoms with van der Waals surface area (Å²) in [5.74, 6) is 0.539. The number of aromatic nitrogens is 4. The molecule has 2 aromatic heterocycles. The van der Waals surface area contributed by atoms with E-state index in [0.29, 0.717) is 16.7 Å². The topological polar surface area (TPSA) is 87.9 Å². The van der Waals surface area contributed by atoms with Gasteiger partial charge in [-0.25, -0.2) is 9.97 Å². The molecular formula is C12H17ClN6O. The van der Waals surface area contributed by atoms with Crippen LogP contribution in [0.15, 0.2) is 18.7 Å². The molecule has 0 fully saturated rings. The second kappa shape index (κ2) is 5.64. The third-order valence-corrected chi connectivity index (χ3v) is 3.26. The molecule has 0 radical (unpaired) electrons. The Morgan fingerprint density at radius 2 is 2.20 bits per heavy atom. The molecule has 0 spiro atoms. The lowest BCUT2D eigenvalue weighted by Gasteiger charge is -2.23. The molecule has 2 rings (SSSR count). The van der Waals surface area contributed by atoms with E-state index in [9.17, 15) is 5.11 Å². The van der Waals surface area contributed by atoms with Crippen LogP contribution in [0.5, 0.6) is 0 Å². The van der Waals surface area contributed by atoms with Crippen LogP contribution in [0.25, 0.3) is 0 Å². The van der Waals surface area contributed by atoms with E-state index in [1.165, 1.54) is 6.33 Å². The first-order valence-electron chi connectivity index (χ1n) is 6.07. The normalized spacial score (nSPS) is 13.8. The Hall–Kier alpha value is -1.86. The number of halogens is 1. The predicted molar refractivity (Wildman–Crippen MR) is 77.9 cm³/mol. The minimum absolute atomic E-state index is 0.265. The van der Waals surface area contributed by atoms with Crippen LogP contribution in [0.1, 0.15) is 12.5 Å². The molecule has 0 aliphatic heterocycles. The summed E-state index contributed by atoms with van der Waals surface area (Å²) in [6, 6.07) is 0. The van der Waals surface area contributed by atoms with Crippen molar-refractivity contribution in [2.75, 3.05) is 24.2 Å². The van der Waals surface area contributed by atoms with Crippen LogP contribution >= 0.6 is 11.6 Å². The van der Waals surface area contributed by atoms with Gasteiger partial charge in [0.1, 0.15) is 17.6 Å². The highest BCUT2D eigenvalue weighted by molar-refractivity contribution is 6.32. The molecule has 108 valence electrons. The molecule has 0 aromatic carbocycles. The van der Waals surface area contributed by atoms with Crippen molar-refractivity contribution in [2.45, 2.75) is 12.5 Å². The first-order valence-corrected chi connectivity index (χ1v) is 6.45. The first kappa shape index (κ1) is 14.5. The summed E-state index contributed by atoms with van der Waals surface area (Å²) in [7, 11) is 3.53. The third-order valence-electron chi connectivity index (χ3n) is 2.98. The van der Waals surface area contributed by atoms with Crippen LogP contribution in [0.3, 0.4) is 0 Å². The molecule has 20 heavy (non-hydrogen) atoms. The molecule has 2 heterocycles. The van der Waals surface area contributed by atoms with Gasteiger partial charge in [-0.15, -0.1) is 0 Å². The molecule has 7 nitrogen and oxygen atoms in total. The van der Waals surface area contributed by atoms with Crippen molar-refractivity contribution < 1.29 is 5.11 Å². The highest BCUT2D eigenvalue weighted by atomic mass is 35.5. The SMILES string of the molecule is CNc1c(Cl)ncnc1NCC(C)(O)c1cnn(C)c1. The van der Waals surface area contributed by atoms with Gasteiger partial charge in [0.15, 0.2) is 11.0 Å². The quantitative estimate of drug-likeness (QED) is 0.719. The summed E-state index contributed by atoms with van der Waals surface area (Å²) in [4.78, 5) is 8.00.